The third-order valence-corrected chi connectivity index (χ3v) is 12.4. The average Bonchev–Trinajstić information content (AvgIpc) is 3.85. The number of nitrogens with zero attached hydrogens (tertiary/aromatic N) is 5. The third kappa shape index (κ3) is 5.23. The summed E-state index contributed by atoms with van der Waals surface area (Å²) in [7, 11) is 0. The van der Waals surface area contributed by atoms with Gasteiger partial charge in [0.1, 0.15) is 0 Å². The van der Waals surface area contributed by atoms with Gasteiger partial charge >= 0.3 is 0 Å². The second-order valence-electron chi connectivity index (χ2n) is 14.6. The minimum atomic E-state index is 0.607. The van der Waals surface area contributed by atoms with Gasteiger partial charge in [0.05, 0.1) is 22.2 Å². The van der Waals surface area contributed by atoms with Gasteiger partial charge < -0.3 is 4.57 Å². The predicted molar refractivity (Wildman–Crippen MR) is 242 cm³/mol. The molecule has 0 bridgehead atoms. The zero-order chi connectivity index (χ0) is 38.2. The summed E-state index contributed by atoms with van der Waals surface area (Å²) in [5.41, 5.74) is 9.12. The summed E-state index contributed by atoms with van der Waals surface area (Å²) in [6, 6.07) is 66.0. The van der Waals surface area contributed by atoms with E-state index in [-0.39, 0.29) is 0 Å². The molecule has 0 fully saturated rings. The Bertz CT molecular complexity index is 3510. The fourth-order valence-electron chi connectivity index (χ4n) is 8.47. The van der Waals surface area contributed by atoms with Crippen LogP contribution in [-0.2, 0) is 0 Å². The van der Waals surface area contributed by atoms with Gasteiger partial charge in [-0.2, -0.15) is 0 Å². The molecule has 12 rings (SSSR count). The van der Waals surface area contributed by atoms with Gasteiger partial charge in [0.2, 0.25) is 0 Å². The lowest BCUT2D eigenvalue weighted by Gasteiger charge is -2.12. The number of hydrogen-bond donors (Lipinski definition) is 0. The number of hydrogen-bond acceptors (Lipinski definition) is 5. The number of benzene rings is 8. The molecular formula is C52H31N5S. The molecular weight excluding hydrogens is 727 g/mol. The first-order chi connectivity index (χ1) is 28.7. The Labute approximate surface area is 337 Å². The topological polar surface area (TPSA) is 56.5 Å². The van der Waals surface area contributed by atoms with Crippen LogP contribution in [0.5, 0.6) is 0 Å². The number of thiophene rings is 1. The molecule has 0 atom stereocenters. The molecule has 58 heavy (non-hydrogen) atoms. The van der Waals surface area contributed by atoms with E-state index in [0.29, 0.717) is 17.5 Å². The van der Waals surface area contributed by atoms with Crippen molar-refractivity contribution in [3.8, 4) is 51.1 Å². The minimum Gasteiger partial charge on any atom is -0.309 e. The van der Waals surface area contributed by atoms with Crippen LogP contribution in [0.1, 0.15) is 0 Å². The van der Waals surface area contributed by atoms with E-state index < -0.39 is 0 Å². The fraction of sp³-hybridized carbons (Fsp3) is 0. The molecule has 4 aromatic heterocycles. The van der Waals surface area contributed by atoms with E-state index in [4.69, 9.17) is 19.9 Å². The molecule has 0 saturated carbocycles. The van der Waals surface area contributed by atoms with Gasteiger partial charge in [0.15, 0.2) is 17.5 Å². The zero-order valence-corrected chi connectivity index (χ0v) is 31.9. The molecule has 0 N–H and O–H groups in total. The highest BCUT2D eigenvalue weighted by molar-refractivity contribution is 7.26. The summed E-state index contributed by atoms with van der Waals surface area (Å²) in [6.45, 7) is 0. The molecule has 4 heterocycles. The SMILES string of the molecule is c1ccc(-c2nc(-c3ccc(-n4c5ccccc5c5ccccc54)cc3)nc(-c3cccc(-c4nc5cc6ccccc6cc5c5sc6ccccc6c45)c3)n2)cc1. The quantitative estimate of drug-likeness (QED) is 0.164. The van der Waals surface area contributed by atoms with Crippen molar-refractivity contribution in [2.75, 3.05) is 0 Å². The highest BCUT2D eigenvalue weighted by Crippen LogP contribution is 2.44. The van der Waals surface area contributed by atoms with Crippen molar-refractivity contribution in [3.05, 3.63) is 188 Å². The molecule has 6 heteroatoms. The Morgan fingerprint density at radius 1 is 0.379 bits per heavy atom. The molecule has 8 aromatic carbocycles. The van der Waals surface area contributed by atoms with Crippen LogP contribution in [-0.4, -0.2) is 24.5 Å². The van der Waals surface area contributed by atoms with Gasteiger partial charge in [-0.1, -0.05) is 127 Å². The van der Waals surface area contributed by atoms with E-state index in [1.54, 1.807) is 0 Å². The summed E-state index contributed by atoms with van der Waals surface area (Å²) < 4.78 is 4.82. The molecule has 12 aromatic rings. The molecule has 0 aliphatic heterocycles. The van der Waals surface area contributed by atoms with Crippen LogP contribution in [0.3, 0.4) is 0 Å². The van der Waals surface area contributed by atoms with Crippen molar-refractivity contribution in [1.82, 2.24) is 24.5 Å². The molecule has 0 aliphatic rings. The van der Waals surface area contributed by atoms with Crippen molar-refractivity contribution < 1.29 is 0 Å². The average molecular weight is 758 g/mol. The van der Waals surface area contributed by atoms with Crippen LogP contribution in [0.2, 0.25) is 0 Å². The van der Waals surface area contributed by atoms with E-state index in [0.717, 1.165) is 39.2 Å². The molecule has 0 aliphatic carbocycles. The summed E-state index contributed by atoms with van der Waals surface area (Å²) in [4.78, 5) is 20.8. The van der Waals surface area contributed by atoms with Gasteiger partial charge in [0.25, 0.3) is 0 Å². The Balaban J connectivity index is 1.02. The first-order valence-corrected chi connectivity index (χ1v) is 20.2. The summed E-state index contributed by atoms with van der Waals surface area (Å²) in [6.07, 6.45) is 0. The predicted octanol–water partition coefficient (Wildman–Crippen LogP) is 13.7. The van der Waals surface area contributed by atoms with Crippen molar-refractivity contribution in [2.24, 2.45) is 0 Å². The number of rotatable bonds is 5. The Morgan fingerprint density at radius 3 is 1.66 bits per heavy atom. The van der Waals surface area contributed by atoms with Gasteiger partial charge in [-0.3, -0.25) is 0 Å². The highest BCUT2D eigenvalue weighted by Gasteiger charge is 2.19. The van der Waals surface area contributed by atoms with Crippen molar-refractivity contribution in [1.29, 1.82) is 0 Å². The van der Waals surface area contributed by atoms with E-state index in [2.05, 4.69) is 162 Å². The number of aromatic nitrogens is 5. The van der Waals surface area contributed by atoms with Crippen LogP contribution in [0.4, 0.5) is 0 Å². The maximum absolute atomic E-state index is 5.43. The van der Waals surface area contributed by atoms with E-state index in [1.807, 2.05) is 41.7 Å². The second kappa shape index (κ2) is 13.0. The highest BCUT2D eigenvalue weighted by atomic mass is 32.1. The van der Waals surface area contributed by atoms with Gasteiger partial charge in [-0.05, 0) is 71.4 Å². The summed E-state index contributed by atoms with van der Waals surface area (Å²) in [5, 5.41) is 8.42. The van der Waals surface area contributed by atoms with E-state index in [1.165, 1.54) is 58.1 Å². The van der Waals surface area contributed by atoms with Gasteiger partial charge in [-0.15, -0.1) is 11.3 Å². The zero-order valence-electron chi connectivity index (χ0n) is 31.0. The normalized spacial score (nSPS) is 11.8. The first-order valence-electron chi connectivity index (χ1n) is 19.4. The first kappa shape index (κ1) is 32.7. The van der Waals surface area contributed by atoms with Crippen molar-refractivity contribution >= 4 is 75.0 Å². The smallest absolute Gasteiger partial charge is 0.164 e. The maximum Gasteiger partial charge on any atom is 0.164 e. The lowest BCUT2D eigenvalue weighted by atomic mass is 9.99. The lowest BCUT2D eigenvalue weighted by Crippen LogP contribution is -2.01. The van der Waals surface area contributed by atoms with Gasteiger partial charge in [-0.25, -0.2) is 19.9 Å². The van der Waals surface area contributed by atoms with Crippen LogP contribution in [0, 0.1) is 0 Å². The summed E-state index contributed by atoms with van der Waals surface area (Å²) in [5.74, 6) is 1.85. The largest absolute Gasteiger partial charge is 0.309 e. The van der Waals surface area contributed by atoms with Crippen LogP contribution < -0.4 is 0 Å². The third-order valence-electron chi connectivity index (χ3n) is 11.2. The Kier molecular flexibility index (Phi) is 7.33. The Morgan fingerprint density at radius 2 is 0.931 bits per heavy atom. The molecule has 5 nitrogen and oxygen atoms in total. The number of fused-ring (bicyclic) bond motifs is 9. The minimum absolute atomic E-state index is 0.607. The fourth-order valence-corrected chi connectivity index (χ4v) is 9.70. The van der Waals surface area contributed by atoms with Crippen LogP contribution in [0.15, 0.2) is 188 Å². The number of pyridine rings is 1. The van der Waals surface area contributed by atoms with Crippen LogP contribution >= 0.6 is 11.3 Å². The maximum atomic E-state index is 5.43. The molecule has 0 amide bonds. The lowest BCUT2D eigenvalue weighted by molar-refractivity contribution is 1.07. The van der Waals surface area contributed by atoms with Crippen molar-refractivity contribution in [2.45, 2.75) is 0 Å². The van der Waals surface area contributed by atoms with E-state index >= 15 is 0 Å². The molecule has 0 saturated heterocycles. The second-order valence-corrected chi connectivity index (χ2v) is 15.7. The van der Waals surface area contributed by atoms with Gasteiger partial charge in [0, 0.05) is 64.3 Å². The summed E-state index contributed by atoms with van der Waals surface area (Å²) >= 11 is 1.83. The van der Waals surface area contributed by atoms with E-state index in [9.17, 15) is 0 Å². The number of para-hydroxylation sites is 2. The molecule has 270 valence electrons. The monoisotopic (exact) mass is 757 g/mol. The van der Waals surface area contributed by atoms with Crippen molar-refractivity contribution in [3.63, 3.8) is 0 Å². The standard InChI is InChI=1S/C52H31N5S/c1-2-13-32(14-3-1)50-54-51(33-25-27-38(28-26-33)57-44-22-9-6-19-39(44)40-20-7-10-23-45(40)57)56-52(55-50)37-18-12-17-36(29-37)48-47-41-21-8-11-24-46(41)58-49(47)42-30-34-15-4-5-16-35(34)31-43(42)53-48/h1-31H. The van der Waals surface area contributed by atoms with Crippen LogP contribution in [0.25, 0.3) is 115 Å². The molecule has 0 radical (unpaired) electrons. The Hall–Kier alpha value is -7.54. The molecule has 0 unspecified atom stereocenters. The molecule has 0 spiro atoms.